The fraction of sp³-hybridized carbons (Fsp3) is 0.500. The number of H-pyrrole nitrogens is 1. The summed E-state index contributed by atoms with van der Waals surface area (Å²) >= 11 is 5.35. The molecular weight excluding hydrogens is 234 g/mol. The van der Waals surface area contributed by atoms with Crippen LogP contribution in [0.1, 0.15) is 24.9 Å². The Morgan fingerprint density at radius 3 is 3.06 bits per heavy atom. The molecule has 0 saturated carbocycles. The van der Waals surface area contributed by atoms with Crippen molar-refractivity contribution in [2.45, 2.75) is 26.3 Å². The zero-order valence-corrected chi connectivity index (χ0v) is 11.2. The molecule has 0 amide bonds. The molecule has 0 saturated heterocycles. The normalized spacial score (nSPS) is 13.1. The van der Waals surface area contributed by atoms with E-state index in [4.69, 9.17) is 17.0 Å². The van der Waals surface area contributed by atoms with Crippen LogP contribution in [0.25, 0.3) is 11.2 Å². The Labute approximate surface area is 106 Å². The van der Waals surface area contributed by atoms with Crippen LogP contribution in [-0.2, 0) is 4.74 Å². The molecule has 0 fully saturated rings. The van der Waals surface area contributed by atoms with E-state index in [2.05, 4.69) is 27.5 Å². The quantitative estimate of drug-likeness (QED) is 0.849. The van der Waals surface area contributed by atoms with Crippen LogP contribution < -0.4 is 0 Å². The molecule has 1 atom stereocenters. The van der Waals surface area contributed by atoms with E-state index in [0.29, 0.717) is 0 Å². The van der Waals surface area contributed by atoms with E-state index in [1.54, 1.807) is 7.11 Å². The van der Waals surface area contributed by atoms with Crippen molar-refractivity contribution in [2.75, 3.05) is 13.7 Å². The number of imidazole rings is 1. The second kappa shape index (κ2) is 4.98. The van der Waals surface area contributed by atoms with Gasteiger partial charge in [0.25, 0.3) is 0 Å². The molecule has 4 nitrogen and oxygen atoms in total. The third kappa shape index (κ3) is 2.40. The lowest BCUT2D eigenvalue weighted by Crippen LogP contribution is -2.08. The number of aromatic nitrogens is 3. The monoisotopic (exact) mass is 251 g/mol. The number of methoxy groups -OCH3 is 1. The van der Waals surface area contributed by atoms with Crippen molar-refractivity contribution in [3.63, 3.8) is 0 Å². The number of hydrogen-bond acceptors (Lipinski definition) is 3. The van der Waals surface area contributed by atoms with E-state index in [9.17, 15) is 0 Å². The maximum Gasteiger partial charge on any atom is 0.179 e. The predicted octanol–water partition coefficient (Wildman–Crippen LogP) is 3.00. The van der Waals surface area contributed by atoms with Crippen molar-refractivity contribution in [3.8, 4) is 0 Å². The van der Waals surface area contributed by atoms with Gasteiger partial charge >= 0.3 is 0 Å². The summed E-state index contributed by atoms with van der Waals surface area (Å²) in [5, 5.41) is 0. The predicted molar refractivity (Wildman–Crippen MR) is 70.9 cm³/mol. The minimum atomic E-state index is 0.284. The van der Waals surface area contributed by atoms with Crippen LogP contribution in [0, 0.1) is 11.7 Å². The molecule has 0 bridgehead atoms. The molecule has 0 aliphatic rings. The Morgan fingerprint density at radius 2 is 2.35 bits per heavy atom. The van der Waals surface area contributed by atoms with Gasteiger partial charge in [-0.25, -0.2) is 4.98 Å². The van der Waals surface area contributed by atoms with Crippen LogP contribution in [0.2, 0.25) is 0 Å². The molecule has 0 radical (unpaired) electrons. The third-order valence-electron chi connectivity index (χ3n) is 2.87. The van der Waals surface area contributed by atoms with E-state index in [0.717, 1.165) is 34.5 Å². The second-order valence-corrected chi connectivity index (χ2v) is 4.70. The lowest BCUT2D eigenvalue weighted by atomic mass is 10.2. The minimum absolute atomic E-state index is 0.284. The molecule has 2 heterocycles. The average Bonchev–Trinajstić information content (AvgIpc) is 2.61. The van der Waals surface area contributed by atoms with E-state index < -0.39 is 0 Å². The summed E-state index contributed by atoms with van der Waals surface area (Å²) in [7, 11) is 1.71. The smallest absolute Gasteiger partial charge is 0.179 e. The van der Waals surface area contributed by atoms with Crippen LogP contribution in [0.5, 0.6) is 0 Å². The van der Waals surface area contributed by atoms with Gasteiger partial charge in [-0.15, -0.1) is 0 Å². The highest BCUT2D eigenvalue weighted by molar-refractivity contribution is 7.71. The van der Waals surface area contributed by atoms with Crippen molar-refractivity contribution in [3.05, 3.63) is 22.6 Å². The summed E-state index contributed by atoms with van der Waals surface area (Å²) in [6.45, 7) is 4.88. The van der Waals surface area contributed by atoms with E-state index in [-0.39, 0.29) is 6.04 Å². The standard InChI is InChI=1S/C12H17N3OS/c1-8-6-10-11(13-7-8)15(12(17)14-10)9(2)4-5-16-3/h6-7,9H,4-5H2,1-3H3,(H,14,17). The van der Waals surface area contributed by atoms with Crippen LogP contribution in [0.15, 0.2) is 12.3 Å². The molecule has 92 valence electrons. The summed E-state index contributed by atoms with van der Waals surface area (Å²) in [5.74, 6) is 0. The first-order chi connectivity index (χ1) is 8.13. The molecule has 5 heteroatoms. The first kappa shape index (κ1) is 12.3. The van der Waals surface area contributed by atoms with E-state index in [1.807, 2.05) is 13.1 Å². The van der Waals surface area contributed by atoms with Gasteiger partial charge in [0.05, 0.1) is 5.52 Å². The molecule has 0 spiro atoms. The van der Waals surface area contributed by atoms with Gasteiger partial charge in [0.1, 0.15) is 0 Å². The molecule has 1 N–H and O–H groups in total. The number of aryl methyl sites for hydroxylation is 1. The summed E-state index contributed by atoms with van der Waals surface area (Å²) in [6.07, 6.45) is 2.79. The first-order valence-electron chi connectivity index (χ1n) is 5.69. The van der Waals surface area contributed by atoms with Crippen molar-refractivity contribution in [1.29, 1.82) is 0 Å². The number of ether oxygens (including phenoxy) is 1. The van der Waals surface area contributed by atoms with E-state index >= 15 is 0 Å². The summed E-state index contributed by atoms with van der Waals surface area (Å²) < 4.78 is 7.89. The Kier molecular flexibility index (Phi) is 3.59. The highest BCUT2D eigenvalue weighted by atomic mass is 32.1. The highest BCUT2D eigenvalue weighted by Gasteiger charge is 2.11. The van der Waals surface area contributed by atoms with Crippen LogP contribution >= 0.6 is 12.2 Å². The number of nitrogens with zero attached hydrogens (tertiary/aromatic N) is 2. The maximum absolute atomic E-state index is 5.35. The lowest BCUT2D eigenvalue weighted by molar-refractivity contribution is 0.181. The molecule has 0 aromatic carbocycles. The highest BCUT2D eigenvalue weighted by Crippen LogP contribution is 2.20. The SMILES string of the molecule is COCCC(C)n1c(=S)[nH]c2cc(C)cnc21. The fourth-order valence-corrected chi connectivity index (χ4v) is 2.32. The van der Waals surface area contributed by atoms with Gasteiger partial charge in [-0.2, -0.15) is 0 Å². The van der Waals surface area contributed by atoms with Gasteiger partial charge in [-0.1, -0.05) is 0 Å². The Morgan fingerprint density at radius 1 is 1.59 bits per heavy atom. The van der Waals surface area contributed by atoms with Gasteiger partial charge in [-0.3, -0.25) is 4.57 Å². The summed E-state index contributed by atoms with van der Waals surface area (Å²) in [5.41, 5.74) is 3.05. The van der Waals surface area contributed by atoms with Crippen LogP contribution in [0.3, 0.4) is 0 Å². The third-order valence-corrected chi connectivity index (χ3v) is 3.17. The molecule has 2 aromatic rings. The first-order valence-corrected chi connectivity index (χ1v) is 6.10. The minimum Gasteiger partial charge on any atom is -0.385 e. The number of pyridine rings is 1. The van der Waals surface area contributed by atoms with Gasteiger partial charge < -0.3 is 9.72 Å². The van der Waals surface area contributed by atoms with Gasteiger partial charge in [0, 0.05) is 26.0 Å². The number of rotatable bonds is 4. The number of nitrogens with one attached hydrogen (secondary N) is 1. The second-order valence-electron chi connectivity index (χ2n) is 4.31. The van der Waals surface area contributed by atoms with Gasteiger partial charge in [0.15, 0.2) is 10.4 Å². The molecule has 2 aromatic heterocycles. The Hall–Kier alpha value is -1.20. The number of fused-ring (bicyclic) bond motifs is 1. The zero-order valence-electron chi connectivity index (χ0n) is 10.4. The Balaban J connectivity index is 2.46. The summed E-state index contributed by atoms with van der Waals surface area (Å²) in [6, 6.07) is 2.35. The summed E-state index contributed by atoms with van der Waals surface area (Å²) in [4.78, 5) is 7.65. The maximum atomic E-state index is 5.35. The number of aromatic amines is 1. The Bertz CT molecular complexity index is 573. The van der Waals surface area contributed by atoms with Crippen molar-refractivity contribution < 1.29 is 4.74 Å². The molecule has 2 rings (SSSR count). The fourth-order valence-electron chi connectivity index (χ4n) is 1.94. The van der Waals surface area contributed by atoms with Crippen LogP contribution in [0.4, 0.5) is 0 Å². The average molecular weight is 251 g/mol. The van der Waals surface area contributed by atoms with Crippen LogP contribution in [-0.4, -0.2) is 28.3 Å². The topological polar surface area (TPSA) is 42.8 Å². The molecule has 1 unspecified atom stereocenters. The molecule has 0 aliphatic heterocycles. The van der Waals surface area contributed by atoms with Gasteiger partial charge in [0.2, 0.25) is 0 Å². The molecular formula is C12H17N3OS. The number of hydrogen-bond donors (Lipinski definition) is 1. The van der Waals surface area contributed by atoms with E-state index in [1.165, 1.54) is 0 Å². The van der Waals surface area contributed by atoms with Gasteiger partial charge in [-0.05, 0) is 44.1 Å². The largest absolute Gasteiger partial charge is 0.385 e. The lowest BCUT2D eigenvalue weighted by Gasteiger charge is -2.13. The van der Waals surface area contributed by atoms with Crippen molar-refractivity contribution >= 4 is 23.4 Å². The van der Waals surface area contributed by atoms with Crippen molar-refractivity contribution in [2.24, 2.45) is 0 Å². The zero-order chi connectivity index (χ0) is 12.4. The van der Waals surface area contributed by atoms with Crippen molar-refractivity contribution in [1.82, 2.24) is 14.5 Å². The molecule has 0 aliphatic carbocycles. The molecule has 17 heavy (non-hydrogen) atoms.